The fourth-order valence-electron chi connectivity index (χ4n) is 2.08. The Bertz CT molecular complexity index is 437. The van der Waals surface area contributed by atoms with Crippen LogP contribution < -0.4 is 10.6 Å². The van der Waals surface area contributed by atoms with Crippen LogP contribution in [0.2, 0.25) is 0 Å². The average molecular weight is 270 g/mol. The molecule has 1 aromatic rings. The van der Waals surface area contributed by atoms with Gasteiger partial charge in [-0.15, -0.1) is 0 Å². The largest absolute Gasteiger partial charge is 0.389 e. The highest BCUT2D eigenvalue weighted by Gasteiger charge is 2.23. The lowest BCUT2D eigenvalue weighted by molar-refractivity contribution is 0.621. The minimum absolute atomic E-state index is 0.128. The van der Waals surface area contributed by atoms with Crippen molar-refractivity contribution in [2.45, 2.75) is 13.0 Å². The summed E-state index contributed by atoms with van der Waals surface area (Å²) < 4.78 is 13.8. The number of nitrogens with zero attached hydrogens (tertiary/aromatic N) is 1. The van der Waals surface area contributed by atoms with Gasteiger partial charge >= 0.3 is 0 Å². The summed E-state index contributed by atoms with van der Waals surface area (Å²) in [7, 11) is 0. The lowest BCUT2D eigenvalue weighted by Crippen LogP contribution is -2.41. The van der Waals surface area contributed by atoms with Crippen LogP contribution in [-0.2, 0) is 0 Å². The molecule has 0 amide bonds. The van der Waals surface area contributed by atoms with E-state index >= 15 is 0 Å². The Morgan fingerprint density at radius 1 is 1.59 bits per heavy atom. The Hall–Kier alpha value is -0.810. The lowest BCUT2D eigenvalue weighted by Gasteiger charge is -2.36. The molecule has 92 valence electrons. The van der Waals surface area contributed by atoms with Crippen LogP contribution in [0.4, 0.5) is 10.1 Å². The highest BCUT2D eigenvalue weighted by molar-refractivity contribution is 7.99. The summed E-state index contributed by atoms with van der Waals surface area (Å²) in [6.07, 6.45) is 0. The third-order valence-corrected chi connectivity index (χ3v) is 4.31. The Labute approximate surface area is 110 Å². The third-order valence-electron chi connectivity index (χ3n) is 2.92. The molecule has 0 aromatic heterocycles. The number of thiocarbonyl (C=S) groups is 1. The molecule has 2 N–H and O–H groups in total. The molecule has 0 aliphatic carbocycles. The summed E-state index contributed by atoms with van der Waals surface area (Å²) in [5.41, 5.74) is 6.83. The Morgan fingerprint density at radius 2 is 2.35 bits per heavy atom. The zero-order valence-corrected chi connectivity index (χ0v) is 11.3. The van der Waals surface area contributed by atoms with E-state index in [1.54, 1.807) is 6.07 Å². The van der Waals surface area contributed by atoms with Crippen molar-refractivity contribution in [3.63, 3.8) is 0 Å². The molecule has 0 bridgehead atoms. The van der Waals surface area contributed by atoms with E-state index in [0.29, 0.717) is 11.6 Å². The second kappa shape index (κ2) is 5.23. The molecule has 1 saturated heterocycles. The van der Waals surface area contributed by atoms with Crippen LogP contribution in [-0.4, -0.2) is 29.1 Å². The lowest BCUT2D eigenvalue weighted by atomic mass is 10.1. The Morgan fingerprint density at radius 3 is 3.00 bits per heavy atom. The van der Waals surface area contributed by atoms with Crippen molar-refractivity contribution >= 4 is 34.7 Å². The van der Waals surface area contributed by atoms with Gasteiger partial charge in [0, 0.05) is 24.1 Å². The van der Waals surface area contributed by atoms with Gasteiger partial charge < -0.3 is 10.6 Å². The Balaban J connectivity index is 2.43. The predicted molar refractivity (Wildman–Crippen MR) is 76.4 cm³/mol. The first-order valence-electron chi connectivity index (χ1n) is 5.54. The van der Waals surface area contributed by atoms with Crippen molar-refractivity contribution in [2.24, 2.45) is 5.73 Å². The van der Waals surface area contributed by atoms with Crippen molar-refractivity contribution in [3.05, 3.63) is 29.6 Å². The standard InChI is InChI=1S/C12H15FN2S2/c1-8-7-17-6-5-15(8)10-4-2-3-9(13)11(10)12(14)16/h2-4,8H,5-7H2,1H3,(H2,14,16). The van der Waals surface area contributed by atoms with Crippen LogP contribution in [0.1, 0.15) is 12.5 Å². The molecule has 0 radical (unpaired) electrons. The maximum Gasteiger partial charge on any atom is 0.135 e. The fourth-order valence-corrected chi connectivity index (χ4v) is 3.30. The number of halogens is 1. The molecule has 17 heavy (non-hydrogen) atoms. The topological polar surface area (TPSA) is 29.3 Å². The SMILES string of the molecule is CC1CSCCN1c1cccc(F)c1C(N)=S. The molecule has 1 unspecified atom stereocenters. The molecule has 1 aromatic carbocycles. The van der Waals surface area contributed by atoms with Gasteiger partial charge in [0.15, 0.2) is 0 Å². The van der Waals surface area contributed by atoms with E-state index in [1.165, 1.54) is 6.07 Å². The maximum absolute atomic E-state index is 13.8. The molecule has 2 rings (SSSR count). The first-order chi connectivity index (χ1) is 8.11. The number of nitrogens with two attached hydrogens (primary N) is 1. The predicted octanol–water partition coefficient (Wildman–Crippen LogP) is 2.40. The van der Waals surface area contributed by atoms with E-state index in [4.69, 9.17) is 18.0 Å². The van der Waals surface area contributed by atoms with Crippen molar-refractivity contribution in [1.82, 2.24) is 0 Å². The van der Waals surface area contributed by atoms with Crippen molar-refractivity contribution in [3.8, 4) is 0 Å². The summed E-state index contributed by atoms with van der Waals surface area (Å²) in [5, 5.41) is 0. The second-order valence-electron chi connectivity index (χ2n) is 4.12. The van der Waals surface area contributed by atoms with E-state index in [0.717, 1.165) is 23.7 Å². The number of rotatable bonds is 2. The van der Waals surface area contributed by atoms with Crippen molar-refractivity contribution in [2.75, 3.05) is 23.0 Å². The fraction of sp³-hybridized carbons (Fsp3) is 0.417. The molecular weight excluding hydrogens is 255 g/mol. The third kappa shape index (κ3) is 2.55. The number of hydrogen-bond donors (Lipinski definition) is 1. The summed E-state index contributed by atoms with van der Waals surface area (Å²) in [5.74, 6) is 1.77. The normalized spacial score (nSPS) is 20.4. The van der Waals surface area contributed by atoms with Gasteiger partial charge in [-0.2, -0.15) is 11.8 Å². The molecule has 1 aliphatic rings. The summed E-state index contributed by atoms with van der Waals surface area (Å²) in [4.78, 5) is 2.32. The number of thioether (sulfide) groups is 1. The monoisotopic (exact) mass is 270 g/mol. The van der Waals surface area contributed by atoms with Gasteiger partial charge in [0.2, 0.25) is 0 Å². The molecule has 1 fully saturated rings. The molecule has 0 saturated carbocycles. The number of benzene rings is 1. The van der Waals surface area contributed by atoms with Gasteiger partial charge in [-0.3, -0.25) is 0 Å². The summed E-state index contributed by atoms with van der Waals surface area (Å²) >= 11 is 6.87. The maximum atomic E-state index is 13.8. The van der Waals surface area contributed by atoms with Crippen molar-refractivity contribution in [1.29, 1.82) is 0 Å². The van der Waals surface area contributed by atoms with Gasteiger partial charge in [0.05, 0.1) is 11.3 Å². The van der Waals surface area contributed by atoms with Gasteiger partial charge in [-0.1, -0.05) is 18.3 Å². The van der Waals surface area contributed by atoms with E-state index < -0.39 is 0 Å². The van der Waals surface area contributed by atoms with Crippen LogP contribution in [0.15, 0.2) is 18.2 Å². The van der Waals surface area contributed by atoms with Gasteiger partial charge in [0.25, 0.3) is 0 Å². The highest BCUT2D eigenvalue weighted by Crippen LogP contribution is 2.28. The first kappa shape index (κ1) is 12.6. The Kier molecular flexibility index (Phi) is 3.89. The van der Waals surface area contributed by atoms with Crippen molar-refractivity contribution < 1.29 is 4.39 Å². The van der Waals surface area contributed by atoms with Gasteiger partial charge in [0.1, 0.15) is 10.8 Å². The minimum Gasteiger partial charge on any atom is -0.389 e. The van der Waals surface area contributed by atoms with Gasteiger partial charge in [-0.25, -0.2) is 4.39 Å². The average Bonchev–Trinajstić information content (AvgIpc) is 2.28. The smallest absolute Gasteiger partial charge is 0.135 e. The first-order valence-corrected chi connectivity index (χ1v) is 7.10. The van der Waals surface area contributed by atoms with E-state index in [1.807, 2.05) is 17.8 Å². The second-order valence-corrected chi connectivity index (χ2v) is 5.71. The minimum atomic E-state index is -0.333. The van der Waals surface area contributed by atoms with E-state index in [9.17, 15) is 4.39 Å². The molecule has 0 spiro atoms. The molecule has 2 nitrogen and oxygen atoms in total. The molecule has 1 aliphatic heterocycles. The summed E-state index contributed by atoms with van der Waals surface area (Å²) in [6, 6.07) is 5.38. The zero-order chi connectivity index (χ0) is 12.4. The van der Waals surface area contributed by atoms with Gasteiger partial charge in [-0.05, 0) is 19.1 Å². The summed E-state index contributed by atoms with van der Waals surface area (Å²) in [6.45, 7) is 3.05. The van der Waals surface area contributed by atoms with E-state index in [2.05, 4.69) is 11.8 Å². The number of hydrogen-bond acceptors (Lipinski definition) is 3. The van der Waals surface area contributed by atoms with Crippen LogP contribution in [0.3, 0.4) is 0 Å². The highest BCUT2D eigenvalue weighted by atomic mass is 32.2. The zero-order valence-electron chi connectivity index (χ0n) is 9.65. The van der Waals surface area contributed by atoms with E-state index in [-0.39, 0.29) is 10.8 Å². The molecule has 1 atom stereocenters. The number of anilines is 1. The molecular formula is C12H15FN2S2. The quantitative estimate of drug-likeness (QED) is 0.836. The van der Waals surface area contributed by atoms with Crippen LogP contribution in [0.5, 0.6) is 0 Å². The van der Waals surface area contributed by atoms with Crippen LogP contribution >= 0.6 is 24.0 Å². The molecule has 5 heteroatoms. The molecule has 1 heterocycles. The van der Waals surface area contributed by atoms with Crippen LogP contribution in [0, 0.1) is 5.82 Å². The van der Waals surface area contributed by atoms with Crippen LogP contribution in [0.25, 0.3) is 0 Å².